The zero-order valence-corrected chi connectivity index (χ0v) is 11.2. The molecule has 0 saturated heterocycles. The SMILES string of the molecule is CCCn1nc(C)c(N)c1Nc1ccc(F)c(F)c1F. The molecule has 0 aliphatic rings. The molecular weight excluding hydrogens is 269 g/mol. The number of nitrogens with zero attached hydrogens (tertiary/aromatic N) is 2. The van der Waals surface area contributed by atoms with E-state index in [0.29, 0.717) is 23.7 Å². The predicted octanol–water partition coefficient (Wildman–Crippen LogP) is 3.34. The van der Waals surface area contributed by atoms with Crippen LogP contribution in [-0.4, -0.2) is 9.78 Å². The van der Waals surface area contributed by atoms with E-state index in [0.717, 1.165) is 18.6 Å². The van der Waals surface area contributed by atoms with Crippen molar-refractivity contribution in [1.82, 2.24) is 9.78 Å². The molecule has 0 spiro atoms. The van der Waals surface area contributed by atoms with Crippen LogP contribution in [0.5, 0.6) is 0 Å². The molecule has 4 nitrogen and oxygen atoms in total. The normalized spacial score (nSPS) is 10.8. The number of benzene rings is 1. The monoisotopic (exact) mass is 284 g/mol. The van der Waals surface area contributed by atoms with Crippen LogP contribution in [-0.2, 0) is 6.54 Å². The van der Waals surface area contributed by atoms with Gasteiger partial charge in [0.15, 0.2) is 23.3 Å². The van der Waals surface area contributed by atoms with E-state index in [4.69, 9.17) is 5.73 Å². The Bertz CT molecular complexity index is 637. The summed E-state index contributed by atoms with van der Waals surface area (Å²) in [6.07, 6.45) is 0.801. The maximum absolute atomic E-state index is 13.7. The van der Waals surface area contributed by atoms with Gasteiger partial charge in [-0.3, -0.25) is 0 Å². The van der Waals surface area contributed by atoms with Crippen LogP contribution >= 0.6 is 0 Å². The largest absolute Gasteiger partial charge is 0.394 e. The number of aryl methyl sites for hydroxylation is 2. The molecule has 0 unspecified atom stereocenters. The van der Waals surface area contributed by atoms with E-state index < -0.39 is 17.5 Å². The Morgan fingerprint density at radius 3 is 2.60 bits per heavy atom. The summed E-state index contributed by atoms with van der Waals surface area (Å²) in [6, 6.07) is 1.97. The van der Waals surface area contributed by atoms with Crippen LogP contribution in [0.15, 0.2) is 12.1 Å². The van der Waals surface area contributed by atoms with Crippen LogP contribution in [0.3, 0.4) is 0 Å². The standard InChI is InChI=1S/C13H15F3N4/c1-3-6-20-13(12(17)7(2)19-20)18-9-5-4-8(14)10(15)11(9)16/h4-5,18H,3,6,17H2,1-2H3. The molecule has 1 aromatic heterocycles. The van der Waals surface area contributed by atoms with Gasteiger partial charge in [-0.05, 0) is 25.5 Å². The molecular formula is C13H15F3N4. The Balaban J connectivity index is 2.42. The lowest BCUT2D eigenvalue weighted by Gasteiger charge is -2.11. The van der Waals surface area contributed by atoms with Gasteiger partial charge < -0.3 is 11.1 Å². The topological polar surface area (TPSA) is 55.9 Å². The highest BCUT2D eigenvalue weighted by atomic mass is 19.2. The number of nitrogens with two attached hydrogens (primary N) is 1. The predicted molar refractivity (Wildman–Crippen MR) is 71.3 cm³/mol. The quantitative estimate of drug-likeness (QED) is 0.847. The molecule has 108 valence electrons. The molecule has 0 bridgehead atoms. The molecule has 0 saturated carbocycles. The average molecular weight is 284 g/mol. The molecule has 3 N–H and O–H groups in total. The van der Waals surface area contributed by atoms with Gasteiger partial charge in [-0.1, -0.05) is 6.92 Å². The molecule has 1 heterocycles. The highest BCUT2D eigenvalue weighted by Crippen LogP contribution is 2.29. The van der Waals surface area contributed by atoms with Gasteiger partial charge in [0.2, 0.25) is 0 Å². The molecule has 1 aromatic carbocycles. The van der Waals surface area contributed by atoms with E-state index in [1.807, 2.05) is 6.92 Å². The number of hydrogen-bond acceptors (Lipinski definition) is 3. The number of rotatable bonds is 4. The number of hydrogen-bond donors (Lipinski definition) is 2. The maximum Gasteiger partial charge on any atom is 0.196 e. The summed E-state index contributed by atoms with van der Waals surface area (Å²) in [4.78, 5) is 0. The van der Waals surface area contributed by atoms with E-state index in [9.17, 15) is 13.2 Å². The van der Waals surface area contributed by atoms with Crippen molar-refractivity contribution in [2.45, 2.75) is 26.8 Å². The Kier molecular flexibility index (Phi) is 3.87. The van der Waals surface area contributed by atoms with Gasteiger partial charge in [0.05, 0.1) is 17.1 Å². The minimum atomic E-state index is -1.52. The summed E-state index contributed by atoms with van der Waals surface area (Å²) in [5.41, 5.74) is 6.61. The van der Waals surface area contributed by atoms with Crippen LogP contribution in [0, 0.1) is 24.4 Å². The molecule has 0 aliphatic carbocycles. The summed E-state index contributed by atoms with van der Waals surface area (Å²) in [7, 11) is 0. The van der Waals surface area contributed by atoms with Crippen LogP contribution in [0.1, 0.15) is 19.0 Å². The molecule has 0 atom stereocenters. The number of anilines is 3. The van der Waals surface area contributed by atoms with Crippen LogP contribution in [0.2, 0.25) is 0 Å². The lowest BCUT2D eigenvalue weighted by molar-refractivity contribution is 0.449. The zero-order valence-electron chi connectivity index (χ0n) is 11.2. The molecule has 0 radical (unpaired) electrons. The molecule has 2 aromatic rings. The smallest absolute Gasteiger partial charge is 0.196 e. The number of aromatic nitrogens is 2. The van der Waals surface area contributed by atoms with Gasteiger partial charge in [-0.15, -0.1) is 0 Å². The molecule has 0 fully saturated rings. The molecule has 2 rings (SSSR count). The first-order valence-electron chi connectivity index (χ1n) is 6.19. The van der Waals surface area contributed by atoms with Crippen molar-refractivity contribution < 1.29 is 13.2 Å². The minimum Gasteiger partial charge on any atom is -0.394 e. The lowest BCUT2D eigenvalue weighted by atomic mass is 10.2. The highest BCUT2D eigenvalue weighted by Gasteiger charge is 2.17. The third-order valence-electron chi connectivity index (χ3n) is 2.90. The summed E-state index contributed by atoms with van der Waals surface area (Å²) >= 11 is 0. The molecule has 7 heteroatoms. The summed E-state index contributed by atoms with van der Waals surface area (Å²) in [6.45, 7) is 4.25. The van der Waals surface area contributed by atoms with Crippen molar-refractivity contribution in [3.63, 3.8) is 0 Å². The fourth-order valence-corrected chi connectivity index (χ4v) is 1.85. The Morgan fingerprint density at radius 2 is 1.95 bits per heavy atom. The lowest BCUT2D eigenvalue weighted by Crippen LogP contribution is -2.07. The first-order valence-corrected chi connectivity index (χ1v) is 6.19. The van der Waals surface area contributed by atoms with E-state index in [2.05, 4.69) is 10.4 Å². The maximum atomic E-state index is 13.7. The number of nitrogen functional groups attached to an aromatic ring is 1. The number of halogens is 3. The van der Waals surface area contributed by atoms with Crippen LogP contribution < -0.4 is 11.1 Å². The van der Waals surface area contributed by atoms with Gasteiger partial charge in [0, 0.05) is 6.54 Å². The van der Waals surface area contributed by atoms with E-state index in [-0.39, 0.29) is 5.69 Å². The van der Waals surface area contributed by atoms with Crippen molar-refractivity contribution in [1.29, 1.82) is 0 Å². The second-order valence-corrected chi connectivity index (χ2v) is 4.42. The first-order chi connectivity index (χ1) is 9.45. The highest BCUT2D eigenvalue weighted by molar-refractivity contribution is 5.71. The van der Waals surface area contributed by atoms with Crippen molar-refractivity contribution in [3.05, 3.63) is 35.3 Å². The van der Waals surface area contributed by atoms with Crippen LogP contribution in [0.4, 0.5) is 30.4 Å². The molecule has 0 amide bonds. The van der Waals surface area contributed by atoms with Gasteiger partial charge >= 0.3 is 0 Å². The van der Waals surface area contributed by atoms with E-state index >= 15 is 0 Å². The molecule has 0 aliphatic heterocycles. The molecule has 20 heavy (non-hydrogen) atoms. The fraction of sp³-hybridized carbons (Fsp3) is 0.308. The van der Waals surface area contributed by atoms with E-state index in [1.54, 1.807) is 11.6 Å². The van der Waals surface area contributed by atoms with Crippen molar-refractivity contribution in [3.8, 4) is 0 Å². The second-order valence-electron chi connectivity index (χ2n) is 4.42. The Hall–Kier alpha value is -2.18. The Labute approximate surface area is 114 Å². The first kappa shape index (κ1) is 14.2. The van der Waals surface area contributed by atoms with Crippen LogP contribution in [0.25, 0.3) is 0 Å². The third-order valence-corrected chi connectivity index (χ3v) is 2.90. The van der Waals surface area contributed by atoms with E-state index in [1.165, 1.54) is 0 Å². The van der Waals surface area contributed by atoms with Gasteiger partial charge in [-0.25, -0.2) is 17.9 Å². The van der Waals surface area contributed by atoms with Gasteiger partial charge in [-0.2, -0.15) is 5.10 Å². The van der Waals surface area contributed by atoms with Crippen molar-refractivity contribution >= 4 is 17.2 Å². The second kappa shape index (κ2) is 5.44. The summed E-state index contributed by atoms with van der Waals surface area (Å²) in [5, 5.41) is 6.88. The zero-order chi connectivity index (χ0) is 14.9. The number of nitrogens with one attached hydrogen (secondary N) is 1. The van der Waals surface area contributed by atoms with Crippen molar-refractivity contribution in [2.24, 2.45) is 0 Å². The summed E-state index contributed by atoms with van der Waals surface area (Å²) in [5.74, 6) is -3.67. The Morgan fingerprint density at radius 1 is 1.25 bits per heavy atom. The summed E-state index contributed by atoms with van der Waals surface area (Å²) < 4.78 is 41.3. The van der Waals surface area contributed by atoms with Crippen molar-refractivity contribution in [2.75, 3.05) is 11.1 Å². The minimum absolute atomic E-state index is 0.187. The fourth-order valence-electron chi connectivity index (χ4n) is 1.85. The van der Waals surface area contributed by atoms with Gasteiger partial charge in [0.1, 0.15) is 0 Å². The average Bonchev–Trinajstić information content (AvgIpc) is 2.67. The third kappa shape index (κ3) is 2.43. The van der Waals surface area contributed by atoms with Gasteiger partial charge in [0.25, 0.3) is 0 Å².